The number of carbonyl (C=O) groups is 1. The summed E-state index contributed by atoms with van der Waals surface area (Å²) in [5, 5.41) is 2.74. The molecule has 0 heterocycles. The average molecular weight is 222 g/mol. The van der Waals surface area contributed by atoms with Gasteiger partial charge in [0, 0.05) is 5.56 Å². The molecule has 0 aliphatic rings. The minimum Gasteiger partial charge on any atom is -0.397 e. The number of nitrogens with one attached hydrogen (secondary N) is 1. The van der Waals surface area contributed by atoms with Crippen molar-refractivity contribution in [3.05, 3.63) is 54.1 Å². The Bertz CT molecular complexity index is 537. The predicted molar refractivity (Wildman–Crippen MR) is 70.6 cm³/mol. The summed E-state index contributed by atoms with van der Waals surface area (Å²) < 4.78 is 0. The van der Waals surface area contributed by atoms with Crippen molar-refractivity contribution in [3.63, 3.8) is 0 Å². The number of amides is 1. The first-order valence-corrected chi connectivity index (χ1v) is 5.18. The molecule has 0 atom stereocenters. The number of hydrogen-bond acceptors (Lipinski definition) is 2. The molecule has 0 saturated carbocycles. The van der Waals surface area contributed by atoms with Crippen molar-refractivity contribution in [2.75, 3.05) is 11.1 Å². The zero-order valence-corrected chi connectivity index (χ0v) is 9.18. The Morgan fingerprint density at radius 3 is 2.35 bits per heavy atom. The summed E-state index contributed by atoms with van der Waals surface area (Å²) in [6, 6.07) is 13.8. The maximum atomic E-state index is 11.9. The minimum absolute atomic E-state index is 0.206. The van der Waals surface area contributed by atoms with Gasteiger partial charge < -0.3 is 11.1 Å². The molecule has 0 fully saturated rings. The van der Waals surface area contributed by atoms with Crippen LogP contribution in [0.1, 0.15) is 10.4 Å². The van der Waals surface area contributed by atoms with Crippen LogP contribution >= 0.6 is 0 Å². The number of carbonyl (C=O) groups excluding carboxylic acids is 1. The van der Waals surface area contributed by atoms with E-state index in [1.54, 1.807) is 36.4 Å². The molecule has 2 rings (SSSR count). The van der Waals surface area contributed by atoms with Gasteiger partial charge in [0.2, 0.25) is 0 Å². The molecule has 2 radical (unpaired) electrons. The summed E-state index contributed by atoms with van der Waals surface area (Å²) in [7, 11) is 5.55. The summed E-state index contributed by atoms with van der Waals surface area (Å²) in [6.45, 7) is 0. The van der Waals surface area contributed by atoms with Gasteiger partial charge in [-0.15, -0.1) is 0 Å². The molecule has 0 aromatic heterocycles. The van der Waals surface area contributed by atoms with Crippen molar-refractivity contribution in [1.29, 1.82) is 0 Å². The third-order valence-corrected chi connectivity index (χ3v) is 2.38. The van der Waals surface area contributed by atoms with E-state index in [2.05, 4.69) is 5.32 Å². The highest BCUT2D eigenvalue weighted by Gasteiger charge is 2.06. The lowest BCUT2D eigenvalue weighted by atomic mass is 9.95. The van der Waals surface area contributed by atoms with Gasteiger partial charge in [0.1, 0.15) is 7.85 Å². The highest BCUT2D eigenvalue weighted by atomic mass is 16.1. The van der Waals surface area contributed by atoms with Gasteiger partial charge in [0.15, 0.2) is 0 Å². The third kappa shape index (κ3) is 2.66. The SMILES string of the molecule is [B]c1ccc(C(=O)Nc2ccccc2N)cc1. The van der Waals surface area contributed by atoms with E-state index in [1.165, 1.54) is 0 Å². The van der Waals surface area contributed by atoms with Crippen LogP contribution in [-0.4, -0.2) is 13.8 Å². The fourth-order valence-corrected chi connectivity index (χ4v) is 1.44. The smallest absolute Gasteiger partial charge is 0.255 e. The van der Waals surface area contributed by atoms with E-state index in [4.69, 9.17) is 13.6 Å². The molecule has 2 aromatic carbocycles. The van der Waals surface area contributed by atoms with Gasteiger partial charge in [-0.1, -0.05) is 41.9 Å². The first-order chi connectivity index (χ1) is 8.16. The van der Waals surface area contributed by atoms with Crippen molar-refractivity contribution in [2.24, 2.45) is 0 Å². The number of para-hydroxylation sites is 2. The van der Waals surface area contributed by atoms with E-state index in [1.807, 2.05) is 12.1 Å². The summed E-state index contributed by atoms with van der Waals surface area (Å²) in [5.74, 6) is -0.206. The Morgan fingerprint density at radius 1 is 1.06 bits per heavy atom. The topological polar surface area (TPSA) is 55.1 Å². The number of hydrogen-bond donors (Lipinski definition) is 2. The molecule has 82 valence electrons. The maximum Gasteiger partial charge on any atom is 0.255 e. The standard InChI is InChI=1S/C13H11BN2O/c14-10-7-5-9(6-8-10)13(17)16-12-4-2-1-3-11(12)15/h1-8H,15H2,(H,16,17). The predicted octanol–water partition coefficient (Wildman–Crippen LogP) is 1.31. The average Bonchev–Trinajstić information content (AvgIpc) is 2.33. The van der Waals surface area contributed by atoms with Crippen LogP contribution < -0.4 is 16.5 Å². The van der Waals surface area contributed by atoms with E-state index in [0.29, 0.717) is 22.4 Å². The minimum atomic E-state index is -0.206. The number of benzene rings is 2. The second-order valence-electron chi connectivity index (χ2n) is 3.66. The van der Waals surface area contributed by atoms with Crippen molar-refractivity contribution in [3.8, 4) is 0 Å². The van der Waals surface area contributed by atoms with Crippen molar-refractivity contribution < 1.29 is 4.79 Å². The molecule has 0 saturated heterocycles. The van der Waals surface area contributed by atoms with Crippen LogP contribution in [0, 0.1) is 0 Å². The summed E-state index contributed by atoms with van der Waals surface area (Å²) in [4.78, 5) is 11.9. The Labute approximate surface area is 101 Å². The molecule has 0 aliphatic heterocycles. The van der Waals surface area contributed by atoms with E-state index < -0.39 is 0 Å². The van der Waals surface area contributed by atoms with E-state index in [9.17, 15) is 4.79 Å². The number of nitrogens with two attached hydrogens (primary N) is 1. The van der Waals surface area contributed by atoms with E-state index in [0.717, 1.165) is 0 Å². The number of rotatable bonds is 2. The van der Waals surface area contributed by atoms with Crippen molar-refractivity contribution in [2.45, 2.75) is 0 Å². The zero-order chi connectivity index (χ0) is 12.3. The van der Waals surface area contributed by atoms with Crippen LogP contribution in [0.4, 0.5) is 11.4 Å². The molecule has 17 heavy (non-hydrogen) atoms. The Kier molecular flexibility index (Phi) is 3.14. The quantitative estimate of drug-likeness (QED) is 0.594. The first kappa shape index (κ1) is 11.3. The largest absolute Gasteiger partial charge is 0.397 e. The Balaban J connectivity index is 2.17. The van der Waals surface area contributed by atoms with Gasteiger partial charge in [-0.2, -0.15) is 0 Å². The monoisotopic (exact) mass is 222 g/mol. The molecule has 3 nitrogen and oxygen atoms in total. The Morgan fingerprint density at radius 2 is 1.71 bits per heavy atom. The van der Waals surface area contributed by atoms with Crippen LogP contribution in [0.15, 0.2) is 48.5 Å². The molecule has 0 spiro atoms. The lowest BCUT2D eigenvalue weighted by Gasteiger charge is -2.07. The van der Waals surface area contributed by atoms with E-state index >= 15 is 0 Å². The van der Waals surface area contributed by atoms with Gasteiger partial charge in [0.05, 0.1) is 11.4 Å². The van der Waals surface area contributed by atoms with Crippen LogP contribution in [-0.2, 0) is 0 Å². The fourth-order valence-electron chi connectivity index (χ4n) is 1.44. The molecule has 0 aliphatic carbocycles. The molecular formula is C13H11BN2O. The summed E-state index contributed by atoms with van der Waals surface area (Å²) in [5.41, 5.74) is 8.05. The van der Waals surface area contributed by atoms with Crippen LogP contribution in [0.2, 0.25) is 0 Å². The molecule has 0 unspecified atom stereocenters. The molecule has 3 N–H and O–H groups in total. The second-order valence-corrected chi connectivity index (χ2v) is 3.66. The first-order valence-electron chi connectivity index (χ1n) is 5.18. The number of nitrogen functional groups attached to an aromatic ring is 1. The van der Waals surface area contributed by atoms with Crippen LogP contribution in [0.25, 0.3) is 0 Å². The molecule has 2 aromatic rings. The van der Waals surface area contributed by atoms with Crippen LogP contribution in [0.3, 0.4) is 0 Å². The number of anilines is 2. The molecule has 1 amide bonds. The van der Waals surface area contributed by atoms with Gasteiger partial charge in [0.25, 0.3) is 5.91 Å². The highest BCUT2D eigenvalue weighted by molar-refractivity contribution is 6.32. The van der Waals surface area contributed by atoms with Crippen molar-refractivity contribution in [1.82, 2.24) is 0 Å². The Hall–Kier alpha value is -2.23. The normalized spacial score (nSPS) is 9.88. The van der Waals surface area contributed by atoms with Gasteiger partial charge in [-0.3, -0.25) is 4.79 Å². The molecular weight excluding hydrogens is 211 g/mol. The lowest BCUT2D eigenvalue weighted by Crippen LogP contribution is -2.14. The highest BCUT2D eigenvalue weighted by Crippen LogP contribution is 2.17. The zero-order valence-electron chi connectivity index (χ0n) is 9.18. The van der Waals surface area contributed by atoms with Gasteiger partial charge in [-0.25, -0.2) is 0 Å². The van der Waals surface area contributed by atoms with Gasteiger partial charge in [-0.05, 0) is 12.1 Å². The third-order valence-electron chi connectivity index (χ3n) is 2.38. The van der Waals surface area contributed by atoms with Crippen LogP contribution in [0.5, 0.6) is 0 Å². The summed E-state index contributed by atoms with van der Waals surface area (Å²) in [6.07, 6.45) is 0. The van der Waals surface area contributed by atoms with E-state index in [-0.39, 0.29) is 5.91 Å². The maximum absolute atomic E-state index is 11.9. The van der Waals surface area contributed by atoms with Crippen molar-refractivity contribution >= 4 is 30.6 Å². The molecule has 0 bridgehead atoms. The fraction of sp³-hybridized carbons (Fsp3) is 0. The molecule has 4 heteroatoms. The van der Waals surface area contributed by atoms with Gasteiger partial charge >= 0.3 is 0 Å². The lowest BCUT2D eigenvalue weighted by molar-refractivity contribution is 0.102. The summed E-state index contributed by atoms with van der Waals surface area (Å²) >= 11 is 0. The second kappa shape index (κ2) is 4.74.